The quantitative estimate of drug-likeness (QED) is 0.293. The van der Waals surface area contributed by atoms with Crippen LogP contribution in [0, 0.1) is 6.92 Å². The molecular formula is C29H25N3. The van der Waals surface area contributed by atoms with Crippen molar-refractivity contribution in [3.8, 4) is 11.3 Å². The summed E-state index contributed by atoms with van der Waals surface area (Å²) in [5, 5.41) is 7.39. The van der Waals surface area contributed by atoms with Gasteiger partial charge in [-0.15, -0.1) is 0 Å². The monoisotopic (exact) mass is 415 g/mol. The van der Waals surface area contributed by atoms with Crippen LogP contribution in [0.4, 0.5) is 0 Å². The number of fused-ring (bicyclic) bond motifs is 6. The molecule has 0 unspecified atom stereocenters. The van der Waals surface area contributed by atoms with Crippen LogP contribution in [0.5, 0.6) is 0 Å². The van der Waals surface area contributed by atoms with Crippen molar-refractivity contribution in [2.75, 3.05) is 0 Å². The highest BCUT2D eigenvalue weighted by Gasteiger charge is 2.19. The summed E-state index contributed by atoms with van der Waals surface area (Å²) in [6.07, 6.45) is 0. The summed E-state index contributed by atoms with van der Waals surface area (Å²) in [6.45, 7) is 6.51. The molecule has 3 nitrogen and oxygen atoms in total. The fourth-order valence-electron chi connectivity index (χ4n) is 5.14. The zero-order valence-electron chi connectivity index (χ0n) is 18.8. The van der Waals surface area contributed by atoms with Crippen molar-refractivity contribution in [2.45, 2.75) is 26.7 Å². The summed E-state index contributed by atoms with van der Waals surface area (Å²) in [4.78, 5) is 9.88. The van der Waals surface area contributed by atoms with E-state index >= 15 is 0 Å². The van der Waals surface area contributed by atoms with Crippen LogP contribution in [0.3, 0.4) is 0 Å². The van der Waals surface area contributed by atoms with E-state index < -0.39 is 0 Å². The Morgan fingerprint density at radius 2 is 1.47 bits per heavy atom. The van der Waals surface area contributed by atoms with Crippen LogP contribution in [0.25, 0.3) is 54.7 Å². The average molecular weight is 416 g/mol. The Bertz CT molecular complexity index is 1670. The highest BCUT2D eigenvalue weighted by molar-refractivity contribution is 6.20. The Morgan fingerprint density at radius 1 is 0.750 bits per heavy atom. The number of benzene rings is 4. The van der Waals surface area contributed by atoms with Gasteiger partial charge >= 0.3 is 0 Å². The molecule has 0 saturated heterocycles. The number of hydrogen-bond acceptors (Lipinski definition) is 2. The maximum absolute atomic E-state index is 5.00. The minimum atomic E-state index is 0.426. The number of hydrogen-bond donors (Lipinski definition) is 0. The molecule has 2 heterocycles. The normalized spacial score (nSPS) is 12.0. The predicted octanol–water partition coefficient (Wildman–Crippen LogP) is 7.53. The lowest BCUT2D eigenvalue weighted by molar-refractivity contribution is 0.876. The van der Waals surface area contributed by atoms with Gasteiger partial charge in [-0.2, -0.15) is 0 Å². The molecule has 156 valence electrons. The molecule has 0 aliphatic carbocycles. The van der Waals surface area contributed by atoms with Crippen LogP contribution in [0.15, 0.2) is 72.8 Å². The van der Waals surface area contributed by atoms with Crippen molar-refractivity contribution in [1.82, 2.24) is 14.5 Å². The van der Waals surface area contributed by atoms with E-state index in [1.165, 1.54) is 38.0 Å². The van der Waals surface area contributed by atoms with Crippen molar-refractivity contribution in [2.24, 2.45) is 7.05 Å². The van der Waals surface area contributed by atoms with Crippen LogP contribution in [-0.2, 0) is 7.05 Å². The number of rotatable bonds is 2. The predicted molar refractivity (Wildman–Crippen MR) is 135 cm³/mol. The summed E-state index contributed by atoms with van der Waals surface area (Å²) in [6, 6.07) is 26.3. The molecule has 0 aliphatic heterocycles. The summed E-state index contributed by atoms with van der Waals surface area (Å²) >= 11 is 0. The van der Waals surface area contributed by atoms with Crippen molar-refractivity contribution in [1.29, 1.82) is 0 Å². The fourth-order valence-corrected chi connectivity index (χ4v) is 5.14. The zero-order chi connectivity index (χ0) is 22.0. The van der Waals surface area contributed by atoms with Gasteiger partial charge < -0.3 is 4.57 Å². The van der Waals surface area contributed by atoms with E-state index in [1.54, 1.807) is 0 Å². The van der Waals surface area contributed by atoms with Gasteiger partial charge in [0, 0.05) is 23.4 Å². The molecule has 0 aliphatic rings. The minimum Gasteiger partial charge on any atom is -0.328 e. The molecule has 0 atom stereocenters. The molecule has 0 bridgehead atoms. The van der Waals surface area contributed by atoms with Crippen LogP contribution >= 0.6 is 0 Å². The molecule has 6 rings (SSSR count). The second kappa shape index (κ2) is 6.89. The van der Waals surface area contributed by atoms with Gasteiger partial charge in [0.1, 0.15) is 11.5 Å². The number of aryl methyl sites for hydroxylation is 2. The highest BCUT2D eigenvalue weighted by atomic mass is 15.0. The van der Waals surface area contributed by atoms with E-state index in [0.717, 1.165) is 28.1 Å². The van der Waals surface area contributed by atoms with Crippen molar-refractivity contribution in [3.05, 3.63) is 84.2 Å². The third-order valence-corrected chi connectivity index (χ3v) is 6.61. The molecule has 0 saturated carbocycles. The highest BCUT2D eigenvalue weighted by Crippen LogP contribution is 2.39. The van der Waals surface area contributed by atoms with Gasteiger partial charge in [-0.3, -0.25) is 0 Å². The average Bonchev–Trinajstić information content (AvgIpc) is 3.09. The lowest BCUT2D eigenvalue weighted by atomic mass is 9.92. The molecule has 4 aromatic carbocycles. The first-order chi connectivity index (χ1) is 15.5. The second-order valence-electron chi connectivity index (χ2n) is 9.00. The van der Waals surface area contributed by atoms with Crippen LogP contribution in [0.2, 0.25) is 0 Å². The van der Waals surface area contributed by atoms with Crippen molar-refractivity contribution < 1.29 is 0 Å². The Hall–Kier alpha value is -3.72. The van der Waals surface area contributed by atoms with E-state index in [1.807, 2.05) is 6.92 Å². The molecular weight excluding hydrogens is 390 g/mol. The van der Waals surface area contributed by atoms with Gasteiger partial charge in [0.05, 0.1) is 16.6 Å². The number of nitrogens with zero attached hydrogens (tertiary/aromatic N) is 3. The van der Waals surface area contributed by atoms with Gasteiger partial charge in [-0.05, 0) is 46.7 Å². The zero-order valence-corrected chi connectivity index (χ0v) is 18.8. The van der Waals surface area contributed by atoms with Crippen LogP contribution in [0.1, 0.15) is 31.2 Å². The van der Waals surface area contributed by atoms with Crippen LogP contribution < -0.4 is 0 Å². The lowest BCUT2D eigenvalue weighted by Crippen LogP contribution is -1.98. The van der Waals surface area contributed by atoms with E-state index in [4.69, 9.17) is 9.97 Å². The Labute approximate surface area is 187 Å². The molecule has 6 aromatic rings. The summed E-state index contributed by atoms with van der Waals surface area (Å²) < 4.78 is 2.23. The topological polar surface area (TPSA) is 30.7 Å². The minimum absolute atomic E-state index is 0.426. The maximum atomic E-state index is 5.00. The number of aromatic nitrogens is 3. The smallest absolute Gasteiger partial charge is 0.145 e. The third-order valence-electron chi connectivity index (χ3n) is 6.61. The molecule has 0 N–H and O–H groups in total. The Kier molecular flexibility index (Phi) is 4.09. The van der Waals surface area contributed by atoms with Crippen molar-refractivity contribution >= 4 is 43.5 Å². The Balaban J connectivity index is 1.78. The lowest BCUT2D eigenvalue weighted by Gasteiger charge is -2.14. The van der Waals surface area contributed by atoms with Gasteiger partial charge in [-0.25, -0.2) is 9.97 Å². The summed E-state index contributed by atoms with van der Waals surface area (Å²) in [7, 11) is 2.12. The van der Waals surface area contributed by atoms with Gasteiger partial charge in [0.25, 0.3) is 0 Å². The maximum Gasteiger partial charge on any atom is 0.145 e. The van der Waals surface area contributed by atoms with Gasteiger partial charge in [0.15, 0.2) is 0 Å². The first kappa shape index (κ1) is 19.0. The molecule has 2 aromatic heterocycles. The molecule has 0 amide bonds. The SMILES string of the molecule is Cc1nc(-c2cc(C(C)C)c3ccccc3c2)c2c3ccc4ccccc4c3n(C)c2n1. The molecule has 0 spiro atoms. The van der Waals surface area contributed by atoms with Crippen LogP contribution in [-0.4, -0.2) is 14.5 Å². The largest absolute Gasteiger partial charge is 0.328 e. The van der Waals surface area contributed by atoms with E-state index in [-0.39, 0.29) is 0 Å². The first-order valence-corrected chi connectivity index (χ1v) is 11.2. The fraction of sp³-hybridized carbons (Fsp3) is 0.172. The van der Waals surface area contributed by atoms with Crippen molar-refractivity contribution in [3.63, 3.8) is 0 Å². The standard InChI is InChI=1S/C29H25N3/c1-17(2)25-16-21(15-20-10-6-7-11-22(20)25)27-26-24-14-13-19-9-5-8-12-23(19)28(24)32(4)29(26)31-18(3)30-27/h5-17H,1-4H3. The Morgan fingerprint density at radius 3 is 2.25 bits per heavy atom. The molecule has 0 fully saturated rings. The molecule has 32 heavy (non-hydrogen) atoms. The first-order valence-electron chi connectivity index (χ1n) is 11.2. The van der Waals surface area contributed by atoms with E-state index in [0.29, 0.717) is 5.92 Å². The summed E-state index contributed by atoms with van der Waals surface area (Å²) in [5.74, 6) is 1.22. The summed E-state index contributed by atoms with van der Waals surface area (Å²) in [5.41, 5.74) is 5.72. The molecule has 3 heteroatoms. The van der Waals surface area contributed by atoms with E-state index in [9.17, 15) is 0 Å². The second-order valence-corrected chi connectivity index (χ2v) is 9.00. The van der Waals surface area contributed by atoms with Gasteiger partial charge in [-0.1, -0.05) is 74.5 Å². The van der Waals surface area contributed by atoms with Gasteiger partial charge in [0.2, 0.25) is 0 Å². The molecule has 0 radical (unpaired) electrons. The third kappa shape index (κ3) is 2.67. The van der Waals surface area contributed by atoms with E-state index in [2.05, 4.69) is 98.3 Å².